The van der Waals surface area contributed by atoms with E-state index < -0.39 is 0 Å². The fourth-order valence-electron chi connectivity index (χ4n) is 2.48. The molecule has 6 nitrogen and oxygen atoms in total. The minimum Gasteiger partial charge on any atom is -0.361 e. The molecule has 2 heterocycles. The SMILES string of the molecule is CN(C)CCNC(=O)c1ccc(-c2cn[nH]c2)c2cc[nH]c12. The molecule has 0 spiro atoms. The van der Waals surface area contributed by atoms with E-state index in [9.17, 15) is 4.79 Å². The van der Waals surface area contributed by atoms with Gasteiger partial charge >= 0.3 is 0 Å². The number of aromatic amines is 2. The number of amides is 1. The van der Waals surface area contributed by atoms with E-state index in [0.717, 1.165) is 28.6 Å². The van der Waals surface area contributed by atoms with Gasteiger partial charge in [-0.05, 0) is 31.8 Å². The molecule has 0 atom stereocenters. The molecule has 6 heteroatoms. The fraction of sp³-hybridized carbons (Fsp3) is 0.250. The predicted molar refractivity (Wildman–Crippen MR) is 86.8 cm³/mol. The molecule has 0 aliphatic carbocycles. The summed E-state index contributed by atoms with van der Waals surface area (Å²) < 4.78 is 0. The van der Waals surface area contributed by atoms with Gasteiger partial charge in [0.25, 0.3) is 5.91 Å². The van der Waals surface area contributed by atoms with Crippen molar-refractivity contribution in [2.75, 3.05) is 27.2 Å². The van der Waals surface area contributed by atoms with Gasteiger partial charge in [-0.3, -0.25) is 9.89 Å². The van der Waals surface area contributed by atoms with Crippen molar-refractivity contribution >= 4 is 16.8 Å². The maximum atomic E-state index is 12.4. The van der Waals surface area contributed by atoms with Crippen molar-refractivity contribution in [3.05, 3.63) is 42.4 Å². The lowest BCUT2D eigenvalue weighted by molar-refractivity contribution is 0.0952. The second kappa shape index (κ2) is 6.03. The summed E-state index contributed by atoms with van der Waals surface area (Å²) in [6.45, 7) is 1.43. The standard InChI is InChI=1S/C16H19N5O/c1-21(2)8-7-18-16(22)14-4-3-12(11-9-19-20-10-11)13-5-6-17-15(13)14/h3-6,9-10,17H,7-8H2,1-2H3,(H,18,22)(H,19,20). The lowest BCUT2D eigenvalue weighted by Gasteiger charge is -2.11. The minimum absolute atomic E-state index is 0.0620. The largest absolute Gasteiger partial charge is 0.361 e. The van der Waals surface area contributed by atoms with Gasteiger partial charge in [-0.1, -0.05) is 6.07 Å². The maximum absolute atomic E-state index is 12.4. The third kappa shape index (κ3) is 2.73. The Morgan fingerprint density at radius 2 is 2.18 bits per heavy atom. The highest BCUT2D eigenvalue weighted by atomic mass is 16.1. The molecule has 22 heavy (non-hydrogen) atoms. The molecule has 0 unspecified atom stereocenters. The van der Waals surface area contributed by atoms with Crippen molar-refractivity contribution in [2.24, 2.45) is 0 Å². The molecule has 114 valence electrons. The summed E-state index contributed by atoms with van der Waals surface area (Å²) in [5, 5.41) is 10.8. The van der Waals surface area contributed by atoms with E-state index in [2.05, 4.69) is 20.5 Å². The molecule has 0 radical (unpaired) electrons. The van der Waals surface area contributed by atoms with Crippen molar-refractivity contribution in [2.45, 2.75) is 0 Å². The highest BCUT2D eigenvalue weighted by molar-refractivity contribution is 6.09. The summed E-state index contributed by atoms with van der Waals surface area (Å²) in [5.41, 5.74) is 3.56. The molecule has 3 rings (SSSR count). The third-order valence-corrected chi connectivity index (χ3v) is 3.62. The van der Waals surface area contributed by atoms with Crippen molar-refractivity contribution in [3.8, 4) is 11.1 Å². The molecule has 0 aliphatic rings. The van der Waals surface area contributed by atoms with Gasteiger partial charge in [-0.25, -0.2) is 0 Å². The predicted octanol–water partition coefficient (Wildman–Crippen LogP) is 1.85. The van der Waals surface area contributed by atoms with Gasteiger partial charge in [0.05, 0.1) is 17.3 Å². The Morgan fingerprint density at radius 3 is 2.91 bits per heavy atom. The van der Waals surface area contributed by atoms with Crippen LogP contribution in [0.15, 0.2) is 36.8 Å². The number of nitrogens with zero attached hydrogens (tertiary/aromatic N) is 2. The van der Waals surface area contributed by atoms with Gasteiger partial charge in [0.2, 0.25) is 0 Å². The number of carbonyl (C=O) groups excluding carboxylic acids is 1. The van der Waals surface area contributed by atoms with Gasteiger partial charge in [0.1, 0.15) is 0 Å². The normalized spacial score (nSPS) is 11.2. The van der Waals surface area contributed by atoms with E-state index in [1.165, 1.54) is 0 Å². The Morgan fingerprint density at radius 1 is 1.32 bits per heavy atom. The second-order valence-electron chi connectivity index (χ2n) is 5.47. The van der Waals surface area contributed by atoms with Crippen LogP contribution in [0, 0.1) is 0 Å². The molecule has 0 saturated carbocycles. The highest BCUT2D eigenvalue weighted by Crippen LogP contribution is 2.29. The first-order valence-electron chi connectivity index (χ1n) is 7.19. The van der Waals surface area contributed by atoms with Crippen molar-refractivity contribution < 1.29 is 4.79 Å². The zero-order valence-corrected chi connectivity index (χ0v) is 12.7. The lowest BCUT2D eigenvalue weighted by Crippen LogP contribution is -2.31. The van der Waals surface area contributed by atoms with E-state index in [0.29, 0.717) is 12.1 Å². The number of rotatable bonds is 5. The van der Waals surface area contributed by atoms with Gasteiger partial charge in [0, 0.05) is 36.4 Å². The van der Waals surface area contributed by atoms with E-state index in [-0.39, 0.29) is 5.91 Å². The quantitative estimate of drug-likeness (QED) is 0.672. The molecule has 0 aliphatic heterocycles. The first kappa shape index (κ1) is 14.3. The first-order valence-corrected chi connectivity index (χ1v) is 7.19. The fourth-order valence-corrected chi connectivity index (χ4v) is 2.48. The number of fused-ring (bicyclic) bond motifs is 1. The Kier molecular flexibility index (Phi) is 3.93. The van der Waals surface area contributed by atoms with Crippen LogP contribution in [0.1, 0.15) is 10.4 Å². The molecule has 0 bridgehead atoms. The van der Waals surface area contributed by atoms with E-state index >= 15 is 0 Å². The zero-order valence-electron chi connectivity index (χ0n) is 12.7. The number of benzene rings is 1. The van der Waals surface area contributed by atoms with Crippen LogP contribution in [0.2, 0.25) is 0 Å². The van der Waals surface area contributed by atoms with Crippen molar-refractivity contribution in [1.29, 1.82) is 0 Å². The molecule has 3 aromatic rings. The van der Waals surface area contributed by atoms with Crippen LogP contribution in [-0.4, -0.2) is 53.2 Å². The van der Waals surface area contributed by atoms with Crippen LogP contribution in [-0.2, 0) is 0 Å². The Hall–Kier alpha value is -2.60. The first-order chi connectivity index (χ1) is 10.7. The lowest BCUT2D eigenvalue weighted by atomic mass is 10.0. The summed E-state index contributed by atoms with van der Waals surface area (Å²) in [6.07, 6.45) is 5.47. The molecule has 0 fully saturated rings. The van der Waals surface area contributed by atoms with Crippen LogP contribution in [0.4, 0.5) is 0 Å². The van der Waals surface area contributed by atoms with Crippen LogP contribution in [0.25, 0.3) is 22.0 Å². The van der Waals surface area contributed by atoms with Crippen molar-refractivity contribution in [1.82, 2.24) is 25.4 Å². The summed E-state index contributed by atoms with van der Waals surface area (Å²) >= 11 is 0. The molecule has 1 aromatic carbocycles. The van der Waals surface area contributed by atoms with Gasteiger partial charge in [-0.15, -0.1) is 0 Å². The average Bonchev–Trinajstić information content (AvgIpc) is 3.17. The minimum atomic E-state index is -0.0620. The van der Waals surface area contributed by atoms with Gasteiger partial charge in [0.15, 0.2) is 0 Å². The third-order valence-electron chi connectivity index (χ3n) is 3.62. The van der Waals surface area contributed by atoms with Gasteiger partial charge < -0.3 is 15.2 Å². The number of aromatic nitrogens is 3. The smallest absolute Gasteiger partial charge is 0.253 e. The van der Waals surface area contributed by atoms with Gasteiger partial charge in [-0.2, -0.15) is 5.10 Å². The highest BCUT2D eigenvalue weighted by Gasteiger charge is 2.14. The molecule has 2 aromatic heterocycles. The van der Waals surface area contributed by atoms with Crippen LogP contribution in [0.3, 0.4) is 0 Å². The average molecular weight is 297 g/mol. The van der Waals surface area contributed by atoms with E-state index in [1.807, 2.05) is 49.6 Å². The summed E-state index contributed by atoms with van der Waals surface area (Å²) in [5.74, 6) is -0.0620. The Balaban J connectivity index is 1.91. The molecule has 0 saturated heterocycles. The number of hydrogen-bond donors (Lipinski definition) is 3. The summed E-state index contributed by atoms with van der Waals surface area (Å²) in [6, 6.07) is 5.79. The number of H-pyrrole nitrogens is 2. The van der Waals surface area contributed by atoms with Crippen LogP contribution >= 0.6 is 0 Å². The van der Waals surface area contributed by atoms with E-state index in [1.54, 1.807) is 6.20 Å². The van der Waals surface area contributed by atoms with Crippen molar-refractivity contribution in [3.63, 3.8) is 0 Å². The topological polar surface area (TPSA) is 76.8 Å². The number of hydrogen-bond acceptors (Lipinski definition) is 3. The maximum Gasteiger partial charge on any atom is 0.253 e. The molecule has 3 N–H and O–H groups in total. The Bertz CT molecular complexity index is 773. The molecule has 1 amide bonds. The zero-order chi connectivity index (χ0) is 15.5. The van der Waals surface area contributed by atoms with Crippen LogP contribution in [0.5, 0.6) is 0 Å². The monoisotopic (exact) mass is 297 g/mol. The van der Waals surface area contributed by atoms with E-state index in [4.69, 9.17) is 0 Å². The number of carbonyl (C=O) groups is 1. The summed E-state index contributed by atoms with van der Waals surface area (Å²) in [7, 11) is 3.96. The molecular weight excluding hydrogens is 278 g/mol. The number of likely N-dealkylation sites (N-methyl/N-ethyl adjacent to an activating group) is 1. The summed E-state index contributed by atoms with van der Waals surface area (Å²) in [4.78, 5) is 17.6. The second-order valence-corrected chi connectivity index (χ2v) is 5.47. The molecular formula is C16H19N5O. The Labute approximate surface area is 128 Å². The van der Waals surface area contributed by atoms with Crippen LogP contribution < -0.4 is 5.32 Å². The number of nitrogens with one attached hydrogen (secondary N) is 3.